The molecule has 0 aliphatic carbocycles. The van der Waals surface area contributed by atoms with Crippen LogP contribution in [-0.4, -0.2) is 20.8 Å². The van der Waals surface area contributed by atoms with E-state index in [1.54, 1.807) is 23.9 Å². The monoisotopic (exact) mass is 221 g/mol. The average Bonchev–Trinajstić information content (AvgIpc) is 2.83. The lowest BCUT2D eigenvalue weighted by Gasteiger charge is -2.01. The Morgan fingerprint density at radius 1 is 1.60 bits per heavy atom. The molecule has 0 saturated carbocycles. The molecule has 0 N–H and O–H groups in total. The van der Waals surface area contributed by atoms with Gasteiger partial charge in [0.05, 0.1) is 23.2 Å². The number of carbonyl (C=O) groups excluding carboxylic acids is 1. The van der Waals surface area contributed by atoms with E-state index < -0.39 is 0 Å². The van der Waals surface area contributed by atoms with E-state index in [0.717, 1.165) is 30.0 Å². The van der Waals surface area contributed by atoms with E-state index in [2.05, 4.69) is 9.97 Å². The fourth-order valence-corrected chi connectivity index (χ4v) is 2.02. The molecule has 2 aromatic heterocycles. The molecular formula is C10H11N3OS. The minimum absolute atomic E-state index is 0.613. The molecule has 2 heterocycles. The molecule has 0 saturated heterocycles. The summed E-state index contributed by atoms with van der Waals surface area (Å²) < 4.78 is 1.84. The Bertz CT molecular complexity index is 461. The molecule has 0 aromatic carbocycles. The number of nitrogens with zero attached hydrogens (tertiary/aromatic N) is 3. The third kappa shape index (κ3) is 2.30. The molecule has 0 spiro atoms. The lowest BCUT2D eigenvalue weighted by Crippen LogP contribution is -2.03. The summed E-state index contributed by atoms with van der Waals surface area (Å²) in [6.07, 6.45) is 4.89. The first-order valence-electron chi connectivity index (χ1n) is 4.66. The Hall–Kier alpha value is -1.49. The van der Waals surface area contributed by atoms with E-state index in [0.29, 0.717) is 5.69 Å². The Labute approximate surface area is 91.6 Å². The highest BCUT2D eigenvalue weighted by Crippen LogP contribution is 2.09. The number of aldehydes is 1. The zero-order valence-electron chi connectivity index (χ0n) is 8.38. The Morgan fingerprint density at radius 3 is 3.13 bits per heavy atom. The van der Waals surface area contributed by atoms with E-state index >= 15 is 0 Å². The highest BCUT2D eigenvalue weighted by molar-refractivity contribution is 7.09. The van der Waals surface area contributed by atoms with Crippen LogP contribution in [0.1, 0.15) is 21.2 Å². The zero-order chi connectivity index (χ0) is 10.7. The lowest BCUT2D eigenvalue weighted by molar-refractivity contribution is 0.111. The Kier molecular flexibility index (Phi) is 2.91. The van der Waals surface area contributed by atoms with Crippen LogP contribution in [0.5, 0.6) is 0 Å². The van der Waals surface area contributed by atoms with Gasteiger partial charge in [-0.25, -0.2) is 9.97 Å². The quantitative estimate of drug-likeness (QED) is 0.738. The van der Waals surface area contributed by atoms with Gasteiger partial charge in [-0.1, -0.05) is 0 Å². The maximum atomic E-state index is 10.6. The number of rotatable bonds is 4. The molecule has 15 heavy (non-hydrogen) atoms. The molecule has 0 fully saturated rings. The highest BCUT2D eigenvalue weighted by Gasteiger charge is 2.02. The second-order valence-electron chi connectivity index (χ2n) is 3.24. The molecule has 0 bridgehead atoms. The molecule has 0 amide bonds. The van der Waals surface area contributed by atoms with Gasteiger partial charge < -0.3 is 4.57 Å². The van der Waals surface area contributed by atoms with Gasteiger partial charge in [0.1, 0.15) is 5.69 Å². The van der Waals surface area contributed by atoms with Crippen LogP contribution >= 0.6 is 11.3 Å². The second kappa shape index (κ2) is 4.35. The van der Waals surface area contributed by atoms with Crippen LogP contribution in [0.2, 0.25) is 0 Å². The standard InChI is InChI=1S/C10H11N3OS/c1-8-12-9(6-15-8)2-3-13-7-11-4-10(13)5-14/h4-7H,2-3H2,1H3. The molecule has 0 aliphatic rings. The largest absolute Gasteiger partial charge is 0.328 e. The maximum absolute atomic E-state index is 10.6. The number of hydrogen-bond donors (Lipinski definition) is 0. The number of thiazole rings is 1. The molecule has 0 atom stereocenters. The van der Waals surface area contributed by atoms with Crippen LogP contribution < -0.4 is 0 Å². The van der Waals surface area contributed by atoms with Gasteiger partial charge in [0, 0.05) is 18.3 Å². The number of hydrogen-bond acceptors (Lipinski definition) is 4. The van der Waals surface area contributed by atoms with Crippen LogP contribution in [0.3, 0.4) is 0 Å². The van der Waals surface area contributed by atoms with E-state index in [-0.39, 0.29) is 0 Å². The Morgan fingerprint density at radius 2 is 2.47 bits per heavy atom. The molecule has 2 aromatic rings. The minimum atomic E-state index is 0.613. The Balaban J connectivity index is 2.01. The summed E-state index contributed by atoms with van der Waals surface area (Å²) in [5.41, 5.74) is 1.69. The van der Waals surface area contributed by atoms with Crippen LogP contribution in [-0.2, 0) is 13.0 Å². The zero-order valence-corrected chi connectivity index (χ0v) is 9.20. The fourth-order valence-electron chi connectivity index (χ4n) is 1.37. The SMILES string of the molecule is Cc1nc(CCn2cncc2C=O)cs1. The highest BCUT2D eigenvalue weighted by atomic mass is 32.1. The number of imidazole rings is 1. The van der Waals surface area contributed by atoms with Gasteiger partial charge in [-0.15, -0.1) is 11.3 Å². The van der Waals surface area contributed by atoms with E-state index in [4.69, 9.17) is 0 Å². The summed E-state index contributed by atoms with van der Waals surface area (Å²) in [7, 11) is 0. The molecular weight excluding hydrogens is 210 g/mol. The van der Waals surface area contributed by atoms with Gasteiger partial charge in [0.25, 0.3) is 0 Å². The van der Waals surface area contributed by atoms with Crippen molar-refractivity contribution in [1.82, 2.24) is 14.5 Å². The maximum Gasteiger partial charge on any atom is 0.168 e. The van der Waals surface area contributed by atoms with Gasteiger partial charge in [-0.3, -0.25) is 4.79 Å². The van der Waals surface area contributed by atoms with Gasteiger partial charge in [0.2, 0.25) is 0 Å². The van der Waals surface area contributed by atoms with Gasteiger partial charge >= 0.3 is 0 Å². The smallest absolute Gasteiger partial charge is 0.168 e. The molecule has 5 heteroatoms. The summed E-state index contributed by atoms with van der Waals surface area (Å²) in [4.78, 5) is 18.9. The van der Waals surface area contributed by atoms with Crippen LogP contribution in [0.15, 0.2) is 17.9 Å². The molecule has 0 aliphatic heterocycles. The van der Waals surface area contributed by atoms with Crippen molar-refractivity contribution in [3.05, 3.63) is 34.3 Å². The summed E-state index contributed by atoms with van der Waals surface area (Å²) in [6, 6.07) is 0. The number of aromatic nitrogens is 3. The number of aryl methyl sites for hydroxylation is 3. The first-order chi connectivity index (χ1) is 7.29. The molecule has 0 radical (unpaired) electrons. The average molecular weight is 221 g/mol. The van der Waals surface area contributed by atoms with Crippen LogP contribution in [0.25, 0.3) is 0 Å². The molecule has 0 unspecified atom stereocenters. The van der Waals surface area contributed by atoms with E-state index in [1.807, 2.05) is 16.9 Å². The molecule has 2 rings (SSSR count). The lowest BCUT2D eigenvalue weighted by atomic mass is 10.3. The third-order valence-electron chi connectivity index (χ3n) is 2.14. The van der Waals surface area contributed by atoms with Crippen molar-refractivity contribution >= 4 is 17.6 Å². The van der Waals surface area contributed by atoms with Crippen molar-refractivity contribution in [3.8, 4) is 0 Å². The summed E-state index contributed by atoms with van der Waals surface area (Å²) in [6.45, 7) is 2.74. The van der Waals surface area contributed by atoms with Gasteiger partial charge in [-0.2, -0.15) is 0 Å². The van der Waals surface area contributed by atoms with Gasteiger partial charge in [0.15, 0.2) is 6.29 Å². The molecule has 4 nitrogen and oxygen atoms in total. The van der Waals surface area contributed by atoms with Crippen molar-refractivity contribution in [1.29, 1.82) is 0 Å². The number of carbonyl (C=O) groups is 1. The van der Waals surface area contributed by atoms with Gasteiger partial charge in [-0.05, 0) is 6.92 Å². The van der Waals surface area contributed by atoms with Crippen molar-refractivity contribution in [2.75, 3.05) is 0 Å². The summed E-state index contributed by atoms with van der Waals surface area (Å²) in [5, 5.41) is 3.12. The van der Waals surface area contributed by atoms with Crippen molar-refractivity contribution in [3.63, 3.8) is 0 Å². The fraction of sp³-hybridized carbons (Fsp3) is 0.300. The van der Waals surface area contributed by atoms with Crippen molar-refractivity contribution in [2.45, 2.75) is 19.9 Å². The van der Waals surface area contributed by atoms with Crippen LogP contribution in [0, 0.1) is 6.92 Å². The van der Waals surface area contributed by atoms with Crippen molar-refractivity contribution in [2.24, 2.45) is 0 Å². The summed E-state index contributed by atoms with van der Waals surface area (Å²) >= 11 is 1.65. The predicted octanol–water partition coefficient (Wildman–Crippen LogP) is 1.70. The third-order valence-corrected chi connectivity index (χ3v) is 2.96. The first kappa shape index (κ1) is 10.0. The van der Waals surface area contributed by atoms with E-state index in [9.17, 15) is 4.79 Å². The van der Waals surface area contributed by atoms with E-state index in [1.165, 1.54) is 0 Å². The normalized spacial score (nSPS) is 10.5. The second-order valence-corrected chi connectivity index (χ2v) is 4.30. The van der Waals surface area contributed by atoms with Crippen LogP contribution in [0.4, 0.5) is 0 Å². The molecule has 78 valence electrons. The topological polar surface area (TPSA) is 47.8 Å². The first-order valence-corrected chi connectivity index (χ1v) is 5.54. The summed E-state index contributed by atoms with van der Waals surface area (Å²) in [5.74, 6) is 0. The predicted molar refractivity (Wildman–Crippen MR) is 58.2 cm³/mol. The van der Waals surface area contributed by atoms with Crippen molar-refractivity contribution < 1.29 is 4.79 Å². The minimum Gasteiger partial charge on any atom is -0.328 e.